The van der Waals surface area contributed by atoms with Gasteiger partial charge in [-0.05, 0) is 12.3 Å². The van der Waals surface area contributed by atoms with Crippen molar-refractivity contribution in [3.63, 3.8) is 0 Å². The smallest absolute Gasteiger partial charge is 0.326 e. The zero-order valence-corrected chi connectivity index (χ0v) is 9.27. The van der Waals surface area contributed by atoms with Gasteiger partial charge in [-0.1, -0.05) is 13.3 Å². The van der Waals surface area contributed by atoms with Crippen molar-refractivity contribution in [2.24, 2.45) is 5.92 Å². The minimum atomic E-state index is -1.13. The van der Waals surface area contributed by atoms with Gasteiger partial charge in [0.25, 0.3) is 0 Å². The fourth-order valence-corrected chi connectivity index (χ4v) is 1.63. The molecular formula is C10H18N2O4. The first-order valence-electron chi connectivity index (χ1n) is 5.49. The zero-order valence-electron chi connectivity index (χ0n) is 9.27. The predicted octanol–water partition coefficient (Wildman–Crippen LogP) is -0.0803. The Morgan fingerprint density at radius 3 is 2.62 bits per heavy atom. The van der Waals surface area contributed by atoms with E-state index < -0.39 is 18.0 Å². The van der Waals surface area contributed by atoms with E-state index in [0.29, 0.717) is 5.92 Å². The third-order valence-corrected chi connectivity index (χ3v) is 2.78. The second kappa shape index (κ2) is 5.69. The van der Waals surface area contributed by atoms with Crippen molar-refractivity contribution in [3.8, 4) is 0 Å². The molecule has 4 N–H and O–H groups in total. The monoisotopic (exact) mass is 230 g/mol. The summed E-state index contributed by atoms with van der Waals surface area (Å²) >= 11 is 0. The maximum Gasteiger partial charge on any atom is 0.326 e. The highest BCUT2D eigenvalue weighted by atomic mass is 16.4. The number of aliphatic hydroxyl groups excluding tert-OH is 1. The summed E-state index contributed by atoms with van der Waals surface area (Å²) in [5.74, 6) is -0.612. The molecular weight excluding hydrogens is 212 g/mol. The van der Waals surface area contributed by atoms with Gasteiger partial charge < -0.3 is 20.8 Å². The summed E-state index contributed by atoms with van der Waals surface area (Å²) in [6.45, 7) is 1.79. The Balaban J connectivity index is 2.29. The highest BCUT2D eigenvalue weighted by Gasteiger charge is 2.36. The van der Waals surface area contributed by atoms with Crippen LogP contribution in [0.1, 0.15) is 26.2 Å². The molecule has 16 heavy (non-hydrogen) atoms. The average molecular weight is 230 g/mol. The first kappa shape index (κ1) is 12.8. The van der Waals surface area contributed by atoms with Gasteiger partial charge in [-0.25, -0.2) is 9.59 Å². The lowest BCUT2D eigenvalue weighted by Crippen LogP contribution is -2.47. The molecule has 1 rings (SSSR count). The minimum Gasteiger partial charge on any atom is -0.480 e. The predicted molar refractivity (Wildman–Crippen MR) is 57.0 cm³/mol. The molecule has 0 heterocycles. The number of carboxylic acids is 1. The number of amides is 2. The normalized spacial score (nSPS) is 24.6. The molecule has 0 aromatic heterocycles. The number of carbonyl (C=O) groups excluding carboxylic acids is 1. The Morgan fingerprint density at radius 2 is 2.19 bits per heavy atom. The van der Waals surface area contributed by atoms with Crippen LogP contribution in [0, 0.1) is 5.92 Å². The molecule has 0 radical (unpaired) electrons. The van der Waals surface area contributed by atoms with Gasteiger partial charge in [-0.3, -0.25) is 0 Å². The lowest BCUT2D eigenvalue weighted by atomic mass is 10.2. The van der Waals surface area contributed by atoms with Crippen molar-refractivity contribution in [1.82, 2.24) is 10.6 Å². The van der Waals surface area contributed by atoms with Crippen molar-refractivity contribution in [2.45, 2.75) is 38.3 Å². The van der Waals surface area contributed by atoms with E-state index in [0.717, 1.165) is 12.8 Å². The number of carboxylic acid groups (broad SMARTS) is 1. The minimum absolute atomic E-state index is 0.0185. The van der Waals surface area contributed by atoms with Crippen LogP contribution in [0.2, 0.25) is 0 Å². The molecule has 1 saturated carbocycles. The molecule has 0 spiro atoms. The van der Waals surface area contributed by atoms with Crippen molar-refractivity contribution >= 4 is 12.0 Å². The van der Waals surface area contributed by atoms with E-state index in [1.54, 1.807) is 0 Å². The van der Waals surface area contributed by atoms with E-state index in [9.17, 15) is 9.59 Å². The van der Waals surface area contributed by atoms with Crippen molar-refractivity contribution in [1.29, 1.82) is 0 Å². The summed E-state index contributed by atoms with van der Waals surface area (Å²) in [6, 6.07) is -1.32. The quantitative estimate of drug-likeness (QED) is 0.513. The summed E-state index contributed by atoms with van der Waals surface area (Å²) in [5, 5.41) is 22.4. The molecule has 92 valence electrons. The molecule has 1 fully saturated rings. The van der Waals surface area contributed by atoms with Gasteiger partial charge in [0.15, 0.2) is 0 Å². The third kappa shape index (κ3) is 3.69. The molecule has 1 aliphatic rings. The van der Waals surface area contributed by atoms with Crippen molar-refractivity contribution in [3.05, 3.63) is 0 Å². The van der Waals surface area contributed by atoms with Crippen LogP contribution >= 0.6 is 0 Å². The fraction of sp³-hybridized carbons (Fsp3) is 0.800. The number of hydrogen-bond donors (Lipinski definition) is 4. The summed E-state index contributed by atoms with van der Waals surface area (Å²) in [6.07, 6.45) is 2.00. The lowest BCUT2D eigenvalue weighted by molar-refractivity contribution is -0.139. The fourth-order valence-electron chi connectivity index (χ4n) is 1.63. The Hall–Kier alpha value is -1.30. The lowest BCUT2D eigenvalue weighted by Gasteiger charge is -2.13. The SMILES string of the molecule is CCC1CC1NC(=O)NC(CCO)C(=O)O. The van der Waals surface area contributed by atoms with E-state index in [-0.39, 0.29) is 19.1 Å². The average Bonchev–Trinajstić information content (AvgIpc) is 2.95. The van der Waals surface area contributed by atoms with E-state index in [4.69, 9.17) is 10.2 Å². The molecule has 0 bridgehead atoms. The van der Waals surface area contributed by atoms with Crippen LogP contribution in [0.5, 0.6) is 0 Å². The number of rotatable bonds is 6. The first-order chi connectivity index (χ1) is 7.58. The molecule has 0 aromatic carbocycles. The Labute approximate surface area is 94.0 Å². The van der Waals surface area contributed by atoms with E-state index in [1.165, 1.54) is 0 Å². The van der Waals surface area contributed by atoms with Gasteiger partial charge in [0.05, 0.1) is 0 Å². The number of nitrogens with one attached hydrogen (secondary N) is 2. The van der Waals surface area contributed by atoms with Gasteiger partial charge in [0, 0.05) is 19.1 Å². The summed E-state index contributed by atoms with van der Waals surface area (Å²) in [5.41, 5.74) is 0. The topological polar surface area (TPSA) is 98.7 Å². The van der Waals surface area contributed by atoms with Gasteiger partial charge in [-0.2, -0.15) is 0 Å². The van der Waals surface area contributed by atoms with Crippen LogP contribution in [0.15, 0.2) is 0 Å². The van der Waals surface area contributed by atoms with Crippen LogP contribution < -0.4 is 10.6 Å². The van der Waals surface area contributed by atoms with Crippen molar-refractivity contribution in [2.75, 3.05) is 6.61 Å². The van der Waals surface area contributed by atoms with Gasteiger partial charge in [-0.15, -0.1) is 0 Å². The third-order valence-electron chi connectivity index (χ3n) is 2.78. The summed E-state index contributed by atoms with van der Waals surface area (Å²) in [4.78, 5) is 22.1. The van der Waals surface area contributed by atoms with E-state index in [1.807, 2.05) is 0 Å². The largest absolute Gasteiger partial charge is 0.480 e. The highest BCUT2D eigenvalue weighted by molar-refractivity contribution is 5.82. The maximum atomic E-state index is 11.4. The standard InChI is InChI=1S/C10H18N2O4/c1-2-6-5-8(6)12-10(16)11-7(3-4-13)9(14)15/h6-8,13H,2-5H2,1H3,(H,14,15)(H2,11,12,16). The summed E-state index contributed by atoms with van der Waals surface area (Å²) < 4.78 is 0. The number of aliphatic carboxylic acids is 1. The Kier molecular flexibility index (Phi) is 4.54. The van der Waals surface area contributed by atoms with Gasteiger partial charge in [0.1, 0.15) is 6.04 Å². The molecule has 6 heteroatoms. The molecule has 3 unspecified atom stereocenters. The second-order valence-electron chi connectivity index (χ2n) is 4.03. The van der Waals surface area contributed by atoms with Gasteiger partial charge in [0.2, 0.25) is 0 Å². The molecule has 1 aliphatic carbocycles. The zero-order chi connectivity index (χ0) is 12.1. The molecule has 0 aliphatic heterocycles. The van der Waals surface area contributed by atoms with E-state index >= 15 is 0 Å². The number of urea groups is 1. The van der Waals surface area contributed by atoms with Crippen LogP contribution in [0.3, 0.4) is 0 Å². The van der Waals surface area contributed by atoms with Crippen LogP contribution in [0.4, 0.5) is 4.79 Å². The highest BCUT2D eigenvalue weighted by Crippen LogP contribution is 2.32. The van der Waals surface area contributed by atoms with E-state index in [2.05, 4.69) is 17.6 Å². The summed E-state index contributed by atoms with van der Waals surface area (Å²) in [7, 11) is 0. The van der Waals surface area contributed by atoms with Crippen LogP contribution in [-0.2, 0) is 4.79 Å². The van der Waals surface area contributed by atoms with Crippen molar-refractivity contribution < 1.29 is 19.8 Å². The number of carbonyl (C=O) groups is 2. The molecule has 6 nitrogen and oxygen atoms in total. The first-order valence-corrected chi connectivity index (χ1v) is 5.49. The van der Waals surface area contributed by atoms with Crippen LogP contribution in [-0.4, -0.2) is 40.9 Å². The Bertz CT molecular complexity index is 270. The number of aliphatic hydroxyl groups is 1. The molecule has 0 aromatic rings. The Morgan fingerprint density at radius 1 is 1.50 bits per heavy atom. The maximum absolute atomic E-state index is 11.4. The van der Waals surface area contributed by atoms with Gasteiger partial charge >= 0.3 is 12.0 Å². The number of hydrogen-bond acceptors (Lipinski definition) is 3. The second-order valence-corrected chi connectivity index (χ2v) is 4.03. The molecule has 2 amide bonds. The molecule has 3 atom stereocenters. The molecule has 0 saturated heterocycles. The van der Waals surface area contributed by atoms with Crippen LogP contribution in [0.25, 0.3) is 0 Å².